The molecule has 1 aromatic rings. The molecule has 0 fully saturated rings. The number of hydrogen-bond donors (Lipinski definition) is 2. The zero-order chi connectivity index (χ0) is 13.1. The summed E-state index contributed by atoms with van der Waals surface area (Å²) in [5.41, 5.74) is -0.503. The van der Waals surface area contributed by atoms with Crippen LogP contribution in [0.15, 0.2) is 5.16 Å². The molecular formula is C9H17N5O2S. The summed E-state index contributed by atoms with van der Waals surface area (Å²) < 4.78 is 6.62. The number of carbonyl (C=O) groups excluding carboxylic acids is 1. The molecule has 0 saturated carbocycles. The summed E-state index contributed by atoms with van der Waals surface area (Å²) >= 11 is 4.08. The molecule has 0 aliphatic carbocycles. The number of aromatic nitrogens is 4. The molecular weight excluding hydrogens is 242 g/mol. The van der Waals surface area contributed by atoms with Gasteiger partial charge in [-0.2, -0.15) is 0 Å². The number of amides is 1. The van der Waals surface area contributed by atoms with Crippen LogP contribution in [-0.2, 0) is 4.74 Å². The predicted octanol–water partition coefficient (Wildman–Crippen LogP) is 1.05. The predicted molar refractivity (Wildman–Crippen MR) is 64.0 cm³/mol. The molecule has 1 atom stereocenters. The summed E-state index contributed by atoms with van der Waals surface area (Å²) in [5, 5.41) is 13.9. The standard InChI is InChI=1S/C9H17N5O2S/c1-6(14-7(17)11-12-13-14)5-10-8(15)16-9(2,3)4/h6H,5H2,1-4H3,(H,10,15)(H,11,13,17). The molecule has 0 aromatic carbocycles. The minimum absolute atomic E-state index is 0.0926. The fourth-order valence-electron chi connectivity index (χ4n) is 1.11. The van der Waals surface area contributed by atoms with Crippen LogP contribution in [0.1, 0.15) is 33.7 Å². The van der Waals surface area contributed by atoms with Crippen molar-refractivity contribution in [3.63, 3.8) is 0 Å². The van der Waals surface area contributed by atoms with Gasteiger partial charge in [0, 0.05) is 6.54 Å². The number of carbonyl (C=O) groups is 1. The third-order valence-electron chi connectivity index (χ3n) is 1.83. The summed E-state index contributed by atoms with van der Waals surface area (Å²) in [7, 11) is 0. The number of hydrogen-bond acceptors (Lipinski definition) is 6. The normalized spacial score (nSPS) is 13.2. The minimum atomic E-state index is -0.503. The maximum Gasteiger partial charge on any atom is 0.407 e. The monoisotopic (exact) mass is 259 g/mol. The van der Waals surface area contributed by atoms with Crippen molar-refractivity contribution in [2.75, 3.05) is 6.54 Å². The van der Waals surface area contributed by atoms with Crippen molar-refractivity contribution in [2.45, 2.75) is 44.5 Å². The second kappa shape index (κ2) is 5.35. The van der Waals surface area contributed by atoms with E-state index in [-0.39, 0.29) is 6.04 Å². The third kappa shape index (κ3) is 4.59. The summed E-state index contributed by atoms with van der Waals surface area (Å²) in [4.78, 5) is 11.4. The highest BCUT2D eigenvalue weighted by atomic mass is 32.1. The first-order valence-corrected chi connectivity index (χ1v) is 5.68. The average Bonchev–Trinajstić information content (AvgIpc) is 2.58. The molecule has 0 aliphatic rings. The molecule has 7 nitrogen and oxygen atoms in total. The van der Waals surface area contributed by atoms with Crippen LogP contribution in [0.2, 0.25) is 0 Å². The van der Waals surface area contributed by atoms with E-state index in [0.29, 0.717) is 11.7 Å². The van der Waals surface area contributed by atoms with E-state index in [1.165, 1.54) is 4.68 Å². The molecule has 0 radical (unpaired) electrons. The Bertz CT molecular complexity index is 387. The Kier molecular flexibility index (Phi) is 4.33. The van der Waals surface area contributed by atoms with Crippen molar-refractivity contribution in [1.82, 2.24) is 25.5 Å². The number of nitrogens with zero attached hydrogens (tertiary/aromatic N) is 4. The molecule has 1 rings (SSSR count). The van der Waals surface area contributed by atoms with Gasteiger partial charge in [0.15, 0.2) is 0 Å². The molecule has 8 heteroatoms. The van der Waals surface area contributed by atoms with Crippen molar-refractivity contribution in [2.24, 2.45) is 0 Å². The molecule has 0 spiro atoms. The van der Waals surface area contributed by atoms with E-state index >= 15 is 0 Å². The number of tetrazole rings is 1. The van der Waals surface area contributed by atoms with Crippen LogP contribution < -0.4 is 5.32 Å². The van der Waals surface area contributed by atoms with E-state index in [9.17, 15) is 4.79 Å². The first-order chi connectivity index (χ1) is 7.79. The quantitative estimate of drug-likeness (QED) is 0.793. The number of rotatable bonds is 3. The second-order valence-corrected chi connectivity index (χ2v) is 5.06. The molecule has 0 saturated heterocycles. The van der Waals surface area contributed by atoms with E-state index in [1.54, 1.807) is 0 Å². The summed E-state index contributed by atoms with van der Waals surface area (Å²) in [6.45, 7) is 7.66. The highest BCUT2D eigenvalue weighted by Gasteiger charge is 2.17. The van der Waals surface area contributed by atoms with Crippen LogP contribution in [0.4, 0.5) is 4.79 Å². The fourth-order valence-corrected chi connectivity index (χ4v) is 1.38. The van der Waals surface area contributed by atoms with Crippen LogP contribution in [-0.4, -0.2) is 38.4 Å². The van der Waals surface area contributed by atoms with Gasteiger partial charge in [0.1, 0.15) is 5.60 Å². The van der Waals surface area contributed by atoms with Crippen LogP contribution in [0, 0.1) is 0 Å². The molecule has 17 heavy (non-hydrogen) atoms. The topological polar surface area (TPSA) is 81.9 Å². The maximum atomic E-state index is 11.4. The van der Waals surface area contributed by atoms with E-state index < -0.39 is 11.7 Å². The Labute approximate surface area is 105 Å². The average molecular weight is 259 g/mol. The van der Waals surface area contributed by atoms with Crippen molar-refractivity contribution < 1.29 is 9.53 Å². The van der Waals surface area contributed by atoms with Gasteiger partial charge in [-0.25, -0.2) is 9.48 Å². The Balaban J connectivity index is 2.41. The summed E-state index contributed by atoms with van der Waals surface area (Å²) in [5.74, 6) is 0. The number of ether oxygens (including phenoxy) is 1. The van der Waals surface area contributed by atoms with Crippen LogP contribution in [0.3, 0.4) is 0 Å². The van der Waals surface area contributed by atoms with Crippen molar-refractivity contribution in [3.8, 4) is 0 Å². The van der Waals surface area contributed by atoms with Crippen molar-refractivity contribution >= 4 is 18.7 Å². The first kappa shape index (κ1) is 13.8. The molecule has 1 aromatic heterocycles. The van der Waals surface area contributed by atoms with E-state index in [0.717, 1.165) is 0 Å². The Morgan fingerprint density at radius 1 is 1.59 bits per heavy atom. The second-order valence-electron chi connectivity index (χ2n) is 4.66. The lowest BCUT2D eigenvalue weighted by atomic mass is 10.2. The lowest BCUT2D eigenvalue weighted by molar-refractivity contribution is 0.0519. The molecule has 0 aliphatic heterocycles. The van der Waals surface area contributed by atoms with Gasteiger partial charge in [0.25, 0.3) is 0 Å². The molecule has 1 unspecified atom stereocenters. The van der Waals surface area contributed by atoms with Gasteiger partial charge >= 0.3 is 6.09 Å². The minimum Gasteiger partial charge on any atom is -0.444 e. The Hall–Kier alpha value is -1.31. The van der Waals surface area contributed by atoms with E-state index in [2.05, 4.69) is 33.5 Å². The van der Waals surface area contributed by atoms with Crippen LogP contribution in [0.5, 0.6) is 0 Å². The molecule has 96 valence electrons. The molecule has 1 N–H and O–H groups in total. The Morgan fingerprint density at radius 2 is 2.24 bits per heavy atom. The van der Waals surface area contributed by atoms with Gasteiger partial charge in [0.2, 0.25) is 5.16 Å². The van der Waals surface area contributed by atoms with Gasteiger partial charge < -0.3 is 10.1 Å². The lowest BCUT2D eigenvalue weighted by Gasteiger charge is -2.20. The Morgan fingerprint density at radius 3 is 2.71 bits per heavy atom. The maximum absolute atomic E-state index is 11.4. The van der Waals surface area contributed by atoms with Crippen LogP contribution in [0.25, 0.3) is 0 Å². The molecule has 1 amide bonds. The van der Waals surface area contributed by atoms with Crippen molar-refractivity contribution in [3.05, 3.63) is 0 Å². The third-order valence-corrected chi connectivity index (χ3v) is 2.13. The largest absolute Gasteiger partial charge is 0.444 e. The summed E-state index contributed by atoms with van der Waals surface area (Å²) in [6.07, 6.45) is -0.460. The SMILES string of the molecule is CC(CNC(=O)OC(C)(C)C)n1nnnc1S. The van der Waals surface area contributed by atoms with E-state index in [1.807, 2.05) is 27.7 Å². The smallest absolute Gasteiger partial charge is 0.407 e. The molecule has 0 bridgehead atoms. The number of nitrogens with one attached hydrogen (secondary N) is 1. The highest BCUT2D eigenvalue weighted by molar-refractivity contribution is 7.80. The van der Waals surface area contributed by atoms with Gasteiger partial charge in [-0.05, 0) is 38.1 Å². The number of thiol groups is 1. The van der Waals surface area contributed by atoms with Gasteiger partial charge in [-0.3, -0.25) is 0 Å². The van der Waals surface area contributed by atoms with Gasteiger partial charge in [-0.15, -0.1) is 17.7 Å². The fraction of sp³-hybridized carbons (Fsp3) is 0.778. The zero-order valence-corrected chi connectivity index (χ0v) is 11.2. The van der Waals surface area contributed by atoms with E-state index in [4.69, 9.17) is 4.74 Å². The molecule has 1 heterocycles. The highest BCUT2D eigenvalue weighted by Crippen LogP contribution is 2.09. The van der Waals surface area contributed by atoms with Crippen LogP contribution >= 0.6 is 12.6 Å². The summed E-state index contributed by atoms with van der Waals surface area (Å²) in [6, 6.07) is -0.0926. The van der Waals surface area contributed by atoms with Gasteiger partial charge in [-0.1, -0.05) is 0 Å². The van der Waals surface area contributed by atoms with Crippen molar-refractivity contribution in [1.29, 1.82) is 0 Å². The zero-order valence-electron chi connectivity index (χ0n) is 10.3. The first-order valence-electron chi connectivity index (χ1n) is 5.23. The lowest BCUT2D eigenvalue weighted by Crippen LogP contribution is -2.35. The number of alkyl carbamates (subject to hydrolysis) is 1. The van der Waals surface area contributed by atoms with Gasteiger partial charge in [0.05, 0.1) is 6.04 Å².